The highest BCUT2D eigenvalue weighted by atomic mass is 127. The molecule has 6 nitrogen and oxygen atoms in total. The predicted octanol–water partition coefficient (Wildman–Crippen LogP) is 2.99. The Labute approximate surface area is 167 Å². The first-order valence-corrected chi connectivity index (χ1v) is 8.69. The van der Waals surface area contributed by atoms with Crippen molar-refractivity contribution in [2.45, 2.75) is 39.3 Å². The van der Waals surface area contributed by atoms with Crippen LogP contribution in [0.15, 0.2) is 23.2 Å². The van der Waals surface area contributed by atoms with Crippen molar-refractivity contribution in [3.63, 3.8) is 0 Å². The molecule has 2 rings (SSSR count). The number of ether oxygens (including phenoxy) is 2. The number of hydrogen-bond donors (Lipinski definition) is 2. The molecule has 1 aliphatic heterocycles. The first kappa shape index (κ1) is 21.8. The van der Waals surface area contributed by atoms with Crippen LogP contribution >= 0.6 is 24.0 Å². The fourth-order valence-electron chi connectivity index (χ4n) is 2.92. The summed E-state index contributed by atoms with van der Waals surface area (Å²) >= 11 is 0. The molecule has 0 atom stereocenters. The largest absolute Gasteiger partial charge is 0.504 e. The number of piperidine rings is 1. The summed E-state index contributed by atoms with van der Waals surface area (Å²) in [5.74, 6) is 1.52. The number of nitrogens with one attached hydrogen (secondary N) is 1. The molecule has 1 heterocycles. The highest BCUT2D eigenvalue weighted by molar-refractivity contribution is 14.0. The highest BCUT2D eigenvalue weighted by Crippen LogP contribution is 2.29. The number of phenols is 1. The zero-order chi connectivity index (χ0) is 17.4. The van der Waals surface area contributed by atoms with E-state index >= 15 is 0 Å². The summed E-state index contributed by atoms with van der Waals surface area (Å²) in [7, 11) is 1.55. The first-order chi connectivity index (χ1) is 11.7. The van der Waals surface area contributed by atoms with Crippen molar-refractivity contribution in [3.05, 3.63) is 23.8 Å². The van der Waals surface area contributed by atoms with Gasteiger partial charge in [-0.05, 0) is 32.8 Å². The molecule has 1 aliphatic rings. The maximum atomic E-state index is 10.2. The smallest absolute Gasteiger partial charge is 0.194 e. The summed E-state index contributed by atoms with van der Waals surface area (Å²) in [6, 6.07) is 5.47. The molecule has 2 N–H and O–H groups in total. The van der Waals surface area contributed by atoms with Crippen molar-refractivity contribution >= 4 is 29.9 Å². The third-order valence-electron chi connectivity index (χ3n) is 4.18. The minimum absolute atomic E-state index is 0. The lowest BCUT2D eigenvalue weighted by atomic mass is 10.1. The van der Waals surface area contributed by atoms with Crippen LogP contribution in [0.5, 0.6) is 11.5 Å². The summed E-state index contributed by atoms with van der Waals surface area (Å²) in [4.78, 5) is 6.95. The zero-order valence-corrected chi connectivity index (χ0v) is 17.7. The van der Waals surface area contributed by atoms with Gasteiger partial charge in [-0.1, -0.05) is 12.1 Å². The van der Waals surface area contributed by atoms with Crippen molar-refractivity contribution in [1.29, 1.82) is 0 Å². The van der Waals surface area contributed by atoms with E-state index in [4.69, 9.17) is 9.47 Å². The maximum Gasteiger partial charge on any atom is 0.194 e. The van der Waals surface area contributed by atoms with Gasteiger partial charge in [-0.3, -0.25) is 0 Å². The number of rotatable bonds is 6. The van der Waals surface area contributed by atoms with Crippen LogP contribution in [0.3, 0.4) is 0 Å². The fraction of sp³-hybridized carbons (Fsp3) is 0.611. The molecule has 0 aliphatic carbocycles. The highest BCUT2D eigenvalue weighted by Gasteiger charge is 2.21. The van der Waals surface area contributed by atoms with E-state index in [2.05, 4.69) is 22.1 Å². The molecule has 142 valence electrons. The number of halogens is 1. The van der Waals surface area contributed by atoms with Crippen molar-refractivity contribution in [2.75, 3.05) is 33.4 Å². The van der Waals surface area contributed by atoms with Gasteiger partial charge in [0, 0.05) is 31.8 Å². The van der Waals surface area contributed by atoms with E-state index in [0.717, 1.165) is 50.6 Å². The minimum Gasteiger partial charge on any atom is -0.504 e. The quantitative estimate of drug-likeness (QED) is 0.386. The molecule has 0 aromatic heterocycles. The second-order valence-electron chi connectivity index (χ2n) is 5.78. The molecule has 0 bridgehead atoms. The lowest BCUT2D eigenvalue weighted by molar-refractivity contribution is 0.0263. The van der Waals surface area contributed by atoms with Crippen LogP contribution in [0.2, 0.25) is 0 Å². The Hall–Kier alpha value is -1.22. The van der Waals surface area contributed by atoms with Gasteiger partial charge >= 0.3 is 0 Å². The number of aromatic hydroxyl groups is 1. The molecule has 0 saturated carbocycles. The van der Waals surface area contributed by atoms with Crippen LogP contribution in [-0.2, 0) is 11.3 Å². The zero-order valence-electron chi connectivity index (χ0n) is 15.3. The molecule has 1 saturated heterocycles. The number of benzene rings is 1. The van der Waals surface area contributed by atoms with E-state index in [1.54, 1.807) is 13.2 Å². The number of nitrogens with zero attached hydrogens (tertiary/aromatic N) is 2. The average Bonchev–Trinajstić information content (AvgIpc) is 2.61. The van der Waals surface area contributed by atoms with Crippen LogP contribution in [-0.4, -0.2) is 55.4 Å². The number of hydrogen-bond acceptors (Lipinski definition) is 4. The molecule has 0 spiro atoms. The van der Waals surface area contributed by atoms with E-state index in [-0.39, 0.29) is 29.7 Å². The van der Waals surface area contributed by atoms with E-state index in [9.17, 15) is 5.11 Å². The van der Waals surface area contributed by atoms with Gasteiger partial charge < -0.3 is 24.8 Å². The normalized spacial score (nSPS) is 15.6. The Morgan fingerprint density at radius 1 is 1.32 bits per heavy atom. The number of guanidine groups is 1. The van der Waals surface area contributed by atoms with Gasteiger partial charge in [-0.2, -0.15) is 0 Å². The van der Waals surface area contributed by atoms with Crippen LogP contribution in [0.4, 0.5) is 0 Å². The molecule has 7 heteroatoms. The molecule has 1 aromatic carbocycles. The minimum atomic E-state index is 0. The predicted molar refractivity (Wildman–Crippen MR) is 111 cm³/mol. The molecule has 1 fully saturated rings. The number of likely N-dealkylation sites (tertiary alicyclic amines) is 1. The van der Waals surface area contributed by atoms with Crippen LogP contribution in [0.1, 0.15) is 32.3 Å². The number of methoxy groups -OCH3 is 1. The second kappa shape index (κ2) is 11.4. The molecular weight excluding hydrogens is 433 g/mol. The van der Waals surface area contributed by atoms with E-state index in [0.29, 0.717) is 18.4 Å². The fourth-order valence-corrected chi connectivity index (χ4v) is 2.92. The molecule has 1 aromatic rings. The Kier molecular flexibility index (Phi) is 9.96. The van der Waals surface area contributed by atoms with Gasteiger partial charge in [-0.25, -0.2) is 4.99 Å². The lowest BCUT2D eigenvalue weighted by Crippen LogP contribution is -2.47. The van der Waals surface area contributed by atoms with Gasteiger partial charge in [0.2, 0.25) is 0 Å². The first-order valence-electron chi connectivity index (χ1n) is 8.69. The SMILES string of the molecule is CCNC(=NCc1cccc(OC)c1O)N1CCC(OCC)CC1.I. The lowest BCUT2D eigenvalue weighted by Gasteiger charge is -2.34. The molecule has 0 amide bonds. The van der Waals surface area contributed by atoms with Crippen molar-refractivity contribution in [1.82, 2.24) is 10.2 Å². The third-order valence-corrected chi connectivity index (χ3v) is 4.18. The Bertz CT molecular complexity index is 546. The topological polar surface area (TPSA) is 66.3 Å². The van der Waals surface area contributed by atoms with Crippen LogP contribution < -0.4 is 10.1 Å². The Morgan fingerprint density at radius 2 is 2.04 bits per heavy atom. The van der Waals surface area contributed by atoms with Crippen molar-refractivity contribution < 1.29 is 14.6 Å². The number of aliphatic imine (C=N–C) groups is 1. The van der Waals surface area contributed by atoms with Crippen LogP contribution in [0.25, 0.3) is 0 Å². The third kappa shape index (κ3) is 6.22. The average molecular weight is 463 g/mol. The van der Waals surface area contributed by atoms with E-state index in [1.807, 2.05) is 19.1 Å². The van der Waals surface area contributed by atoms with Gasteiger partial charge in [0.05, 0.1) is 19.8 Å². The van der Waals surface area contributed by atoms with Gasteiger partial charge in [0.1, 0.15) is 0 Å². The van der Waals surface area contributed by atoms with Gasteiger partial charge in [0.25, 0.3) is 0 Å². The Balaban J connectivity index is 0.00000312. The van der Waals surface area contributed by atoms with Crippen molar-refractivity contribution in [3.8, 4) is 11.5 Å². The molecule has 0 unspecified atom stereocenters. The summed E-state index contributed by atoms with van der Waals surface area (Å²) in [5, 5.41) is 13.5. The summed E-state index contributed by atoms with van der Waals surface area (Å²) in [6.45, 7) is 7.96. The summed E-state index contributed by atoms with van der Waals surface area (Å²) < 4.78 is 10.9. The molecule has 25 heavy (non-hydrogen) atoms. The monoisotopic (exact) mass is 463 g/mol. The maximum absolute atomic E-state index is 10.2. The Morgan fingerprint density at radius 3 is 2.64 bits per heavy atom. The second-order valence-corrected chi connectivity index (χ2v) is 5.78. The van der Waals surface area contributed by atoms with E-state index < -0.39 is 0 Å². The number of para-hydroxylation sites is 1. The molecular formula is C18H30IN3O3. The van der Waals surface area contributed by atoms with E-state index in [1.165, 1.54) is 0 Å². The van der Waals surface area contributed by atoms with Crippen molar-refractivity contribution in [2.24, 2.45) is 4.99 Å². The summed E-state index contributed by atoms with van der Waals surface area (Å²) in [6.07, 6.45) is 2.39. The molecule has 0 radical (unpaired) electrons. The van der Waals surface area contributed by atoms with Gasteiger partial charge in [-0.15, -0.1) is 24.0 Å². The standard InChI is InChI=1S/C18H29N3O3.HI/c1-4-19-18(21-11-9-15(10-12-21)24-5-2)20-13-14-7-6-8-16(23-3)17(14)22;/h6-8,15,22H,4-5,9-13H2,1-3H3,(H,19,20);1H. The van der Waals surface area contributed by atoms with Crippen LogP contribution in [0, 0.1) is 0 Å². The number of phenolic OH excluding ortho intramolecular Hbond substituents is 1. The summed E-state index contributed by atoms with van der Waals surface area (Å²) in [5.41, 5.74) is 0.758. The van der Waals surface area contributed by atoms with Gasteiger partial charge in [0.15, 0.2) is 17.5 Å².